The lowest BCUT2D eigenvalue weighted by atomic mass is 9.87. The van der Waals surface area contributed by atoms with Crippen LogP contribution in [0.1, 0.15) is 25.7 Å². The first-order valence-electron chi connectivity index (χ1n) is 5.86. The highest BCUT2D eigenvalue weighted by Crippen LogP contribution is 2.39. The van der Waals surface area contributed by atoms with E-state index in [1.807, 2.05) is 6.07 Å². The zero-order valence-corrected chi connectivity index (χ0v) is 11.6. The summed E-state index contributed by atoms with van der Waals surface area (Å²) in [5.74, 6) is -2.37. The highest BCUT2D eigenvalue weighted by atomic mass is 79.9. The van der Waals surface area contributed by atoms with Gasteiger partial charge in [0.1, 0.15) is 11.1 Å². The van der Waals surface area contributed by atoms with Gasteiger partial charge in [0.2, 0.25) is 5.91 Å². The van der Waals surface area contributed by atoms with Gasteiger partial charge in [0.25, 0.3) is 0 Å². The Hall–Kier alpha value is -1.48. The number of nitriles is 1. The van der Waals surface area contributed by atoms with Crippen molar-refractivity contribution in [2.45, 2.75) is 25.7 Å². The van der Waals surface area contributed by atoms with E-state index in [0.717, 1.165) is 25.0 Å². The molecule has 0 unspecified atom stereocenters. The minimum Gasteiger partial charge on any atom is -0.320 e. The van der Waals surface area contributed by atoms with Gasteiger partial charge in [-0.25, -0.2) is 8.78 Å². The van der Waals surface area contributed by atoms with Crippen LogP contribution >= 0.6 is 15.9 Å². The summed E-state index contributed by atoms with van der Waals surface area (Å²) >= 11 is 2.96. The normalized spacial score (nSPS) is 16.9. The van der Waals surface area contributed by atoms with Gasteiger partial charge in [-0.3, -0.25) is 4.79 Å². The van der Waals surface area contributed by atoms with Crippen molar-refractivity contribution in [3.63, 3.8) is 0 Å². The molecule has 0 aromatic heterocycles. The van der Waals surface area contributed by atoms with Gasteiger partial charge in [0.05, 0.1) is 6.07 Å². The van der Waals surface area contributed by atoms with Gasteiger partial charge in [-0.2, -0.15) is 5.26 Å². The van der Waals surface area contributed by atoms with Crippen LogP contribution in [0.5, 0.6) is 0 Å². The molecule has 6 heteroatoms. The highest BCUT2D eigenvalue weighted by Gasteiger charge is 2.42. The van der Waals surface area contributed by atoms with Crippen molar-refractivity contribution in [1.82, 2.24) is 0 Å². The number of nitrogens with one attached hydrogen (secondary N) is 1. The number of hydrogen-bond acceptors (Lipinski definition) is 2. The molecule has 0 saturated heterocycles. The molecule has 0 radical (unpaired) electrons. The molecule has 1 aromatic carbocycles. The van der Waals surface area contributed by atoms with Crippen molar-refractivity contribution in [1.29, 1.82) is 5.26 Å². The van der Waals surface area contributed by atoms with Crippen molar-refractivity contribution in [3.05, 3.63) is 28.2 Å². The predicted molar refractivity (Wildman–Crippen MR) is 69.2 cm³/mol. The van der Waals surface area contributed by atoms with Gasteiger partial charge in [-0.15, -0.1) is 0 Å². The molecular weight excluding hydrogens is 318 g/mol. The second-order valence-corrected chi connectivity index (χ2v) is 5.52. The number of nitrogens with zero attached hydrogens (tertiary/aromatic N) is 1. The number of benzene rings is 1. The lowest BCUT2D eigenvalue weighted by Gasteiger charge is -2.19. The van der Waals surface area contributed by atoms with Gasteiger partial charge in [-0.05, 0) is 25.0 Å². The van der Waals surface area contributed by atoms with Gasteiger partial charge in [0.15, 0.2) is 11.6 Å². The maximum Gasteiger partial charge on any atom is 0.245 e. The maximum atomic E-state index is 13.6. The Morgan fingerprint density at radius 2 is 1.84 bits per heavy atom. The molecule has 100 valence electrons. The quantitative estimate of drug-likeness (QED) is 0.898. The van der Waals surface area contributed by atoms with Crippen molar-refractivity contribution < 1.29 is 13.6 Å². The second-order valence-electron chi connectivity index (χ2n) is 4.60. The molecule has 0 aliphatic heterocycles. The predicted octanol–water partition coefficient (Wildman–Crippen LogP) is 3.75. The Kier molecular flexibility index (Phi) is 3.85. The summed E-state index contributed by atoms with van der Waals surface area (Å²) in [5, 5.41) is 11.3. The van der Waals surface area contributed by atoms with Gasteiger partial charge in [-0.1, -0.05) is 28.8 Å². The first kappa shape index (κ1) is 13.9. The molecule has 0 bridgehead atoms. The monoisotopic (exact) mass is 328 g/mol. The molecule has 1 aliphatic rings. The maximum absolute atomic E-state index is 13.6. The van der Waals surface area contributed by atoms with Crippen LogP contribution < -0.4 is 5.32 Å². The van der Waals surface area contributed by atoms with E-state index in [2.05, 4.69) is 21.2 Å². The Morgan fingerprint density at radius 1 is 1.32 bits per heavy atom. The average Bonchev–Trinajstić information content (AvgIpc) is 2.83. The largest absolute Gasteiger partial charge is 0.320 e. The summed E-state index contributed by atoms with van der Waals surface area (Å²) in [4.78, 5) is 12.1. The molecule has 3 nitrogen and oxygen atoms in total. The van der Waals surface area contributed by atoms with Crippen LogP contribution in [0.25, 0.3) is 0 Å². The van der Waals surface area contributed by atoms with Crippen LogP contribution in [0.3, 0.4) is 0 Å². The van der Waals surface area contributed by atoms with Crippen LogP contribution in [0.15, 0.2) is 16.6 Å². The molecule has 19 heavy (non-hydrogen) atoms. The molecule has 1 fully saturated rings. The first-order chi connectivity index (χ1) is 8.98. The van der Waals surface area contributed by atoms with Crippen LogP contribution in [-0.4, -0.2) is 5.91 Å². The van der Waals surface area contributed by atoms with Crippen LogP contribution in [0.4, 0.5) is 14.5 Å². The van der Waals surface area contributed by atoms with Crippen molar-refractivity contribution >= 4 is 27.5 Å². The number of rotatable bonds is 2. The van der Waals surface area contributed by atoms with Crippen molar-refractivity contribution in [2.24, 2.45) is 5.41 Å². The van der Waals surface area contributed by atoms with E-state index in [4.69, 9.17) is 5.26 Å². The molecule has 1 aliphatic carbocycles. The van der Waals surface area contributed by atoms with E-state index in [0.29, 0.717) is 12.8 Å². The SMILES string of the molecule is N#CC1(C(=O)Nc2c(F)cc(Br)cc2F)CCCC1. The summed E-state index contributed by atoms with van der Waals surface area (Å²) in [6, 6.07) is 4.11. The summed E-state index contributed by atoms with van der Waals surface area (Å²) in [7, 11) is 0. The summed E-state index contributed by atoms with van der Waals surface area (Å²) in [6.07, 6.45) is 2.39. The molecule has 1 amide bonds. The topological polar surface area (TPSA) is 52.9 Å². The van der Waals surface area contributed by atoms with Gasteiger partial charge < -0.3 is 5.32 Å². The molecule has 1 saturated carbocycles. The smallest absolute Gasteiger partial charge is 0.245 e. The number of anilines is 1. The van der Waals surface area contributed by atoms with E-state index < -0.39 is 28.6 Å². The van der Waals surface area contributed by atoms with Crippen LogP contribution in [0, 0.1) is 28.4 Å². The lowest BCUT2D eigenvalue weighted by molar-refractivity contribution is -0.122. The van der Waals surface area contributed by atoms with Crippen LogP contribution in [-0.2, 0) is 4.79 Å². The molecule has 0 atom stereocenters. The number of carbonyl (C=O) groups excluding carboxylic acids is 1. The third kappa shape index (κ3) is 2.61. The zero-order chi connectivity index (χ0) is 14.0. The third-order valence-electron chi connectivity index (χ3n) is 3.35. The van der Waals surface area contributed by atoms with E-state index in [9.17, 15) is 13.6 Å². The molecule has 0 spiro atoms. The Labute approximate surface area is 117 Å². The summed E-state index contributed by atoms with van der Waals surface area (Å²) in [6.45, 7) is 0. The summed E-state index contributed by atoms with van der Waals surface area (Å²) < 4.78 is 27.5. The van der Waals surface area contributed by atoms with E-state index in [1.165, 1.54) is 0 Å². The van der Waals surface area contributed by atoms with Gasteiger partial charge in [0, 0.05) is 4.47 Å². The van der Waals surface area contributed by atoms with Gasteiger partial charge >= 0.3 is 0 Å². The third-order valence-corrected chi connectivity index (χ3v) is 3.81. The molecular formula is C13H11BrF2N2O. The fraction of sp³-hybridized carbons (Fsp3) is 0.385. The zero-order valence-electron chi connectivity index (χ0n) is 9.97. The minimum atomic E-state index is -1.16. The van der Waals surface area contributed by atoms with E-state index >= 15 is 0 Å². The van der Waals surface area contributed by atoms with Crippen LogP contribution in [0.2, 0.25) is 0 Å². The summed E-state index contributed by atoms with van der Waals surface area (Å²) in [5.41, 5.74) is -1.67. The standard InChI is InChI=1S/C13H11BrF2N2O/c14-8-5-9(15)11(10(16)6-8)18-12(19)13(7-17)3-1-2-4-13/h5-6H,1-4H2,(H,18,19). The number of amides is 1. The molecule has 1 N–H and O–H groups in total. The Morgan fingerprint density at radius 3 is 2.32 bits per heavy atom. The molecule has 0 heterocycles. The fourth-order valence-corrected chi connectivity index (χ4v) is 2.66. The lowest BCUT2D eigenvalue weighted by Crippen LogP contribution is -2.33. The molecule has 1 aromatic rings. The number of carbonyl (C=O) groups is 1. The minimum absolute atomic E-state index is 0.247. The Balaban J connectivity index is 2.27. The highest BCUT2D eigenvalue weighted by molar-refractivity contribution is 9.10. The van der Waals surface area contributed by atoms with E-state index in [1.54, 1.807) is 0 Å². The first-order valence-corrected chi connectivity index (χ1v) is 6.65. The Bertz CT molecular complexity index is 539. The average molecular weight is 329 g/mol. The molecule has 2 rings (SSSR count). The van der Waals surface area contributed by atoms with E-state index in [-0.39, 0.29) is 4.47 Å². The fourth-order valence-electron chi connectivity index (χ4n) is 2.26. The number of halogens is 3. The second kappa shape index (κ2) is 5.25. The van der Waals surface area contributed by atoms with Crippen molar-refractivity contribution in [2.75, 3.05) is 5.32 Å². The number of hydrogen-bond donors (Lipinski definition) is 1. The van der Waals surface area contributed by atoms with Crippen molar-refractivity contribution in [3.8, 4) is 6.07 Å².